The molecule has 3 nitrogen and oxygen atoms in total. The molecule has 1 fully saturated rings. The van der Waals surface area contributed by atoms with Gasteiger partial charge < -0.3 is 9.84 Å². The molecule has 0 aliphatic heterocycles. The van der Waals surface area contributed by atoms with E-state index in [1.54, 1.807) is 0 Å². The van der Waals surface area contributed by atoms with Crippen LogP contribution in [0, 0.1) is 6.92 Å². The third-order valence-electron chi connectivity index (χ3n) is 3.46. The lowest BCUT2D eigenvalue weighted by Gasteiger charge is -2.30. The number of rotatable bonds is 2. The highest BCUT2D eigenvalue weighted by Crippen LogP contribution is 2.35. The summed E-state index contributed by atoms with van der Waals surface area (Å²) < 4.78 is 5.01. The number of aryl methyl sites for hydroxylation is 1. The van der Waals surface area contributed by atoms with E-state index in [0.717, 1.165) is 25.7 Å². The molecule has 1 N–H and O–H groups in total. The molecular weight excluding hydrogens is 216 g/mol. The highest BCUT2D eigenvalue weighted by Gasteiger charge is 2.29. The summed E-state index contributed by atoms with van der Waals surface area (Å²) >= 11 is 0. The molecule has 3 heteroatoms. The van der Waals surface area contributed by atoms with E-state index in [2.05, 4.69) is 31.2 Å². The standard InChI is InChI=1S/C14H18O3/c1-10-6-8-11(9-7-10)12-4-2-3-5-13(12)17-14(15)16/h6-9,12-13H,2-5H2,1H3,(H,15,16)/t12-,13-/m1/s1. The Kier molecular flexibility index (Phi) is 3.67. The van der Waals surface area contributed by atoms with Gasteiger partial charge in [0, 0.05) is 5.92 Å². The monoisotopic (exact) mass is 234 g/mol. The van der Waals surface area contributed by atoms with Crippen LogP contribution in [0.2, 0.25) is 0 Å². The fourth-order valence-electron chi connectivity index (χ4n) is 2.56. The van der Waals surface area contributed by atoms with E-state index in [1.165, 1.54) is 11.1 Å². The first-order valence-electron chi connectivity index (χ1n) is 6.13. The summed E-state index contributed by atoms with van der Waals surface area (Å²) in [4.78, 5) is 10.7. The highest BCUT2D eigenvalue weighted by molar-refractivity contribution is 5.57. The molecule has 1 aliphatic carbocycles. The zero-order valence-electron chi connectivity index (χ0n) is 10.1. The summed E-state index contributed by atoms with van der Waals surface area (Å²) in [6.45, 7) is 2.05. The van der Waals surface area contributed by atoms with Gasteiger partial charge in [-0.05, 0) is 31.7 Å². The van der Waals surface area contributed by atoms with E-state index in [-0.39, 0.29) is 12.0 Å². The molecular formula is C14H18O3. The van der Waals surface area contributed by atoms with Crippen molar-refractivity contribution < 1.29 is 14.6 Å². The summed E-state index contributed by atoms with van der Waals surface area (Å²) in [5.41, 5.74) is 2.42. The zero-order chi connectivity index (χ0) is 12.3. The first-order chi connectivity index (χ1) is 8.16. The second kappa shape index (κ2) is 5.21. The molecule has 1 aromatic carbocycles. The Morgan fingerprint density at radius 1 is 1.24 bits per heavy atom. The average Bonchev–Trinajstić information content (AvgIpc) is 2.30. The summed E-state index contributed by atoms with van der Waals surface area (Å²) in [7, 11) is 0. The van der Waals surface area contributed by atoms with Crippen LogP contribution in [0.15, 0.2) is 24.3 Å². The molecule has 2 rings (SSSR count). The van der Waals surface area contributed by atoms with Crippen LogP contribution in [0.4, 0.5) is 4.79 Å². The van der Waals surface area contributed by atoms with Crippen molar-refractivity contribution in [3.63, 3.8) is 0 Å². The van der Waals surface area contributed by atoms with E-state index < -0.39 is 6.16 Å². The van der Waals surface area contributed by atoms with Gasteiger partial charge in [0.1, 0.15) is 6.10 Å². The minimum absolute atomic E-state index is 0.177. The Bertz CT molecular complexity index is 383. The summed E-state index contributed by atoms with van der Waals surface area (Å²) in [6, 6.07) is 8.32. The molecule has 2 atom stereocenters. The van der Waals surface area contributed by atoms with E-state index in [0.29, 0.717) is 0 Å². The van der Waals surface area contributed by atoms with Gasteiger partial charge in [0.2, 0.25) is 0 Å². The van der Waals surface area contributed by atoms with Gasteiger partial charge in [0.15, 0.2) is 0 Å². The number of hydrogen-bond acceptors (Lipinski definition) is 2. The van der Waals surface area contributed by atoms with Crippen LogP contribution in [0.5, 0.6) is 0 Å². The van der Waals surface area contributed by atoms with Gasteiger partial charge in [-0.3, -0.25) is 0 Å². The first kappa shape index (κ1) is 12.0. The van der Waals surface area contributed by atoms with E-state index >= 15 is 0 Å². The largest absolute Gasteiger partial charge is 0.506 e. The molecule has 1 aromatic rings. The van der Waals surface area contributed by atoms with Gasteiger partial charge in [0.25, 0.3) is 0 Å². The Hall–Kier alpha value is -1.51. The van der Waals surface area contributed by atoms with Crippen molar-refractivity contribution in [2.24, 2.45) is 0 Å². The number of ether oxygens (including phenoxy) is 1. The third-order valence-corrected chi connectivity index (χ3v) is 3.46. The quantitative estimate of drug-likeness (QED) is 0.793. The molecule has 0 aromatic heterocycles. The summed E-state index contributed by atoms with van der Waals surface area (Å²) in [5.74, 6) is 0.223. The molecule has 1 aliphatic rings. The Morgan fingerprint density at radius 2 is 1.88 bits per heavy atom. The molecule has 0 spiro atoms. The number of carbonyl (C=O) groups is 1. The van der Waals surface area contributed by atoms with Crippen molar-refractivity contribution in [3.05, 3.63) is 35.4 Å². The highest BCUT2D eigenvalue weighted by atomic mass is 16.7. The van der Waals surface area contributed by atoms with Gasteiger partial charge in [-0.15, -0.1) is 0 Å². The topological polar surface area (TPSA) is 46.5 Å². The molecule has 0 amide bonds. The van der Waals surface area contributed by atoms with Gasteiger partial charge in [-0.1, -0.05) is 36.2 Å². The third kappa shape index (κ3) is 2.99. The lowest BCUT2D eigenvalue weighted by atomic mass is 9.81. The Balaban J connectivity index is 2.15. The first-order valence-corrected chi connectivity index (χ1v) is 6.13. The average molecular weight is 234 g/mol. The van der Waals surface area contributed by atoms with E-state index in [4.69, 9.17) is 9.84 Å². The zero-order valence-corrected chi connectivity index (χ0v) is 10.1. The Labute approximate surface area is 101 Å². The molecule has 92 valence electrons. The van der Waals surface area contributed by atoms with Crippen LogP contribution < -0.4 is 0 Å². The smallest absolute Gasteiger partial charge is 0.450 e. The maximum atomic E-state index is 10.7. The lowest BCUT2D eigenvalue weighted by molar-refractivity contribution is 0.0249. The molecule has 0 saturated heterocycles. The maximum Gasteiger partial charge on any atom is 0.506 e. The van der Waals surface area contributed by atoms with E-state index in [1.807, 2.05) is 0 Å². The fraction of sp³-hybridized carbons (Fsp3) is 0.500. The van der Waals surface area contributed by atoms with Gasteiger partial charge in [0.05, 0.1) is 0 Å². The van der Waals surface area contributed by atoms with Crippen molar-refractivity contribution in [1.29, 1.82) is 0 Å². The molecule has 0 heterocycles. The predicted molar refractivity (Wildman–Crippen MR) is 65.3 cm³/mol. The van der Waals surface area contributed by atoms with Crippen molar-refractivity contribution in [1.82, 2.24) is 0 Å². The Morgan fingerprint density at radius 3 is 2.53 bits per heavy atom. The predicted octanol–water partition coefficient (Wildman–Crippen LogP) is 3.72. The second-order valence-corrected chi connectivity index (χ2v) is 4.72. The van der Waals surface area contributed by atoms with Gasteiger partial charge in [-0.25, -0.2) is 4.79 Å². The second-order valence-electron chi connectivity index (χ2n) is 4.72. The van der Waals surface area contributed by atoms with Crippen LogP contribution in [-0.4, -0.2) is 17.4 Å². The summed E-state index contributed by atoms with van der Waals surface area (Å²) in [6.07, 6.45) is 2.72. The van der Waals surface area contributed by atoms with Crippen LogP contribution in [0.25, 0.3) is 0 Å². The van der Waals surface area contributed by atoms with Gasteiger partial charge in [-0.2, -0.15) is 0 Å². The number of benzene rings is 1. The van der Waals surface area contributed by atoms with Crippen molar-refractivity contribution in [2.75, 3.05) is 0 Å². The molecule has 17 heavy (non-hydrogen) atoms. The van der Waals surface area contributed by atoms with Crippen molar-refractivity contribution in [2.45, 2.75) is 44.6 Å². The van der Waals surface area contributed by atoms with Crippen molar-refractivity contribution in [3.8, 4) is 0 Å². The minimum Gasteiger partial charge on any atom is -0.450 e. The maximum absolute atomic E-state index is 10.7. The van der Waals surface area contributed by atoms with Gasteiger partial charge >= 0.3 is 6.16 Å². The molecule has 1 saturated carbocycles. The molecule has 0 unspecified atom stereocenters. The minimum atomic E-state index is -1.16. The lowest BCUT2D eigenvalue weighted by Crippen LogP contribution is -2.28. The normalized spacial score (nSPS) is 24.3. The van der Waals surface area contributed by atoms with Crippen LogP contribution in [0.3, 0.4) is 0 Å². The van der Waals surface area contributed by atoms with Crippen molar-refractivity contribution >= 4 is 6.16 Å². The number of hydrogen-bond donors (Lipinski definition) is 1. The van der Waals surface area contributed by atoms with Crippen LogP contribution >= 0.6 is 0 Å². The molecule has 0 bridgehead atoms. The molecule has 0 radical (unpaired) electrons. The SMILES string of the molecule is Cc1ccc([C@H]2CCCC[C@H]2OC(=O)O)cc1. The number of carboxylic acid groups (broad SMARTS) is 1. The summed E-state index contributed by atoms with van der Waals surface area (Å²) in [5, 5.41) is 8.75. The van der Waals surface area contributed by atoms with Crippen LogP contribution in [-0.2, 0) is 4.74 Å². The fourth-order valence-corrected chi connectivity index (χ4v) is 2.56. The van der Waals surface area contributed by atoms with E-state index in [9.17, 15) is 4.79 Å². The van der Waals surface area contributed by atoms with Crippen LogP contribution in [0.1, 0.15) is 42.7 Å².